The van der Waals surface area contributed by atoms with Gasteiger partial charge in [-0.15, -0.1) is 0 Å². The summed E-state index contributed by atoms with van der Waals surface area (Å²) in [4.78, 5) is 13.2. The Morgan fingerprint density at radius 3 is 2.68 bits per heavy atom. The van der Waals surface area contributed by atoms with Gasteiger partial charge in [-0.2, -0.15) is 0 Å². The first-order chi connectivity index (χ1) is 9.13. The number of hydrogen-bond donors (Lipinski definition) is 2. The summed E-state index contributed by atoms with van der Waals surface area (Å²) in [5.41, 5.74) is 4.35. The van der Waals surface area contributed by atoms with Crippen molar-refractivity contribution in [3.05, 3.63) is 23.3 Å². The molecular formula is C12H17N5OS. The number of nitrogen functional groups attached to an aromatic ring is 1. The molecule has 2 aromatic heterocycles. The van der Waals surface area contributed by atoms with Crippen LogP contribution in [0.3, 0.4) is 0 Å². The Kier molecular flexibility index (Phi) is 4.39. The summed E-state index contributed by atoms with van der Waals surface area (Å²) in [7, 11) is 0. The summed E-state index contributed by atoms with van der Waals surface area (Å²) in [6, 6.07) is 0. The summed E-state index contributed by atoms with van der Waals surface area (Å²) < 4.78 is 5.34. The Labute approximate surface area is 116 Å². The van der Waals surface area contributed by atoms with E-state index >= 15 is 0 Å². The molecule has 2 aromatic rings. The molecule has 0 radical (unpaired) electrons. The first-order valence-corrected chi connectivity index (χ1v) is 6.89. The van der Waals surface area contributed by atoms with Crippen LogP contribution >= 0.6 is 11.8 Å². The molecule has 0 aliphatic heterocycles. The molecule has 0 bridgehead atoms. The normalized spacial score (nSPS) is 10.7. The smallest absolute Gasteiger partial charge is 0.262 e. The predicted molar refractivity (Wildman–Crippen MR) is 73.9 cm³/mol. The number of rotatable bonds is 5. The van der Waals surface area contributed by atoms with Crippen LogP contribution in [0.15, 0.2) is 20.9 Å². The third-order valence-corrected chi connectivity index (χ3v) is 3.49. The van der Waals surface area contributed by atoms with Crippen molar-refractivity contribution in [1.29, 1.82) is 0 Å². The van der Waals surface area contributed by atoms with Crippen molar-refractivity contribution in [3.8, 4) is 0 Å². The monoisotopic (exact) mass is 279 g/mol. The first-order valence-electron chi connectivity index (χ1n) is 6.08. The molecule has 6 nitrogen and oxygen atoms in total. The SMILES string of the molecule is CCCc1nc(NN)c(C)c(Sc2nc(C)co2)n1. The largest absolute Gasteiger partial charge is 0.439 e. The van der Waals surface area contributed by atoms with Gasteiger partial charge in [0.25, 0.3) is 5.22 Å². The highest BCUT2D eigenvalue weighted by Crippen LogP contribution is 2.30. The standard InChI is InChI=1S/C12H17N5OS/c1-4-5-9-15-10(17-13)8(3)11(16-9)19-12-14-7(2)6-18-12/h6H,4-5,13H2,1-3H3,(H,15,16,17). The second-order valence-corrected chi connectivity index (χ2v) is 5.11. The van der Waals surface area contributed by atoms with Crippen molar-refractivity contribution in [3.63, 3.8) is 0 Å². The van der Waals surface area contributed by atoms with Gasteiger partial charge in [0.2, 0.25) is 0 Å². The minimum Gasteiger partial charge on any atom is -0.439 e. The second-order valence-electron chi connectivity index (χ2n) is 4.17. The van der Waals surface area contributed by atoms with E-state index in [1.165, 1.54) is 11.8 Å². The fourth-order valence-corrected chi connectivity index (χ4v) is 2.43. The van der Waals surface area contributed by atoms with Crippen molar-refractivity contribution in [2.24, 2.45) is 5.84 Å². The Hall–Kier alpha value is -1.60. The average molecular weight is 279 g/mol. The topological polar surface area (TPSA) is 89.9 Å². The van der Waals surface area contributed by atoms with E-state index in [-0.39, 0.29) is 0 Å². The number of aryl methyl sites for hydroxylation is 2. The van der Waals surface area contributed by atoms with Crippen LogP contribution in [0.25, 0.3) is 0 Å². The van der Waals surface area contributed by atoms with E-state index < -0.39 is 0 Å². The number of nitrogens with one attached hydrogen (secondary N) is 1. The Bertz CT molecular complexity index is 569. The van der Waals surface area contributed by atoms with Crippen molar-refractivity contribution in [2.75, 3.05) is 5.43 Å². The molecule has 7 heteroatoms. The molecule has 0 saturated heterocycles. The van der Waals surface area contributed by atoms with Crippen LogP contribution in [-0.2, 0) is 6.42 Å². The lowest BCUT2D eigenvalue weighted by atomic mass is 10.3. The highest BCUT2D eigenvalue weighted by molar-refractivity contribution is 7.99. The van der Waals surface area contributed by atoms with Gasteiger partial charge < -0.3 is 9.84 Å². The molecular weight excluding hydrogens is 262 g/mol. The minimum absolute atomic E-state index is 0.574. The van der Waals surface area contributed by atoms with Gasteiger partial charge in [-0.25, -0.2) is 20.8 Å². The predicted octanol–water partition coefficient (Wildman–Crippen LogP) is 2.47. The summed E-state index contributed by atoms with van der Waals surface area (Å²) in [5, 5.41) is 1.39. The van der Waals surface area contributed by atoms with Gasteiger partial charge >= 0.3 is 0 Å². The molecule has 0 amide bonds. The summed E-state index contributed by atoms with van der Waals surface area (Å²) in [6.45, 7) is 5.89. The maximum atomic E-state index is 5.49. The van der Waals surface area contributed by atoms with Crippen LogP contribution < -0.4 is 11.3 Å². The van der Waals surface area contributed by atoms with Crippen LogP contribution in [-0.4, -0.2) is 15.0 Å². The molecule has 0 unspecified atom stereocenters. The summed E-state index contributed by atoms with van der Waals surface area (Å²) in [6.07, 6.45) is 3.41. The Morgan fingerprint density at radius 2 is 2.11 bits per heavy atom. The van der Waals surface area contributed by atoms with E-state index in [2.05, 4.69) is 27.3 Å². The van der Waals surface area contributed by atoms with Crippen molar-refractivity contribution < 1.29 is 4.42 Å². The van der Waals surface area contributed by atoms with Gasteiger partial charge in [-0.05, 0) is 32.0 Å². The van der Waals surface area contributed by atoms with Gasteiger partial charge in [0.05, 0.1) is 5.69 Å². The number of nitrogens with two attached hydrogens (primary N) is 1. The van der Waals surface area contributed by atoms with Crippen molar-refractivity contribution >= 4 is 17.6 Å². The van der Waals surface area contributed by atoms with E-state index in [0.717, 1.165) is 34.9 Å². The van der Waals surface area contributed by atoms with Gasteiger partial charge in [0.1, 0.15) is 22.9 Å². The van der Waals surface area contributed by atoms with E-state index in [9.17, 15) is 0 Å². The quantitative estimate of drug-likeness (QED) is 0.493. The van der Waals surface area contributed by atoms with E-state index in [1.54, 1.807) is 6.26 Å². The number of aromatic nitrogens is 3. The second kappa shape index (κ2) is 6.03. The van der Waals surface area contributed by atoms with Crippen molar-refractivity contribution in [2.45, 2.75) is 43.9 Å². The maximum Gasteiger partial charge on any atom is 0.262 e. The molecule has 0 fully saturated rings. The van der Waals surface area contributed by atoms with Crippen LogP contribution in [0.1, 0.15) is 30.4 Å². The lowest BCUT2D eigenvalue weighted by Gasteiger charge is -2.10. The highest BCUT2D eigenvalue weighted by atomic mass is 32.2. The van der Waals surface area contributed by atoms with E-state index in [4.69, 9.17) is 10.3 Å². The van der Waals surface area contributed by atoms with E-state index in [0.29, 0.717) is 11.0 Å². The molecule has 19 heavy (non-hydrogen) atoms. The zero-order valence-electron chi connectivity index (χ0n) is 11.2. The molecule has 3 N–H and O–H groups in total. The lowest BCUT2D eigenvalue weighted by Crippen LogP contribution is -2.13. The van der Waals surface area contributed by atoms with Gasteiger partial charge in [0, 0.05) is 12.0 Å². The number of oxazole rings is 1. The zero-order valence-corrected chi connectivity index (χ0v) is 12.0. The van der Waals surface area contributed by atoms with Gasteiger partial charge in [-0.3, -0.25) is 0 Å². The molecule has 0 atom stereocenters. The van der Waals surface area contributed by atoms with Crippen LogP contribution in [0, 0.1) is 13.8 Å². The molecule has 0 spiro atoms. The van der Waals surface area contributed by atoms with Crippen LogP contribution in [0.5, 0.6) is 0 Å². The number of hydrazine groups is 1. The van der Waals surface area contributed by atoms with Crippen molar-refractivity contribution in [1.82, 2.24) is 15.0 Å². The third kappa shape index (κ3) is 3.24. The first kappa shape index (κ1) is 13.8. The number of anilines is 1. The zero-order chi connectivity index (χ0) is 13.8. The average Bonchev–Trinajstić information content (AvgIpc) is 2.79. The highest BCUT2D eigenvalue weighted by Gasteiger charge is 2.13. The molecule has 0 saturated carbocycles. The summed E-state index contributed by atoms with van der Waals surface area (Å²) >= 11 is 1.38. The maximum absolute atomic E-state index is 5.49. The minimum atomic E-state index is 0.574. The fraction of sp³-hybridized carbons (Fsp3) is 0.417. The Balaban J connectivity index is 2.34. The van der Waals surface area contributed by atoms with Gasteiger partial charge in [-0.1, -0.05) is 6.92 Å². The molecule has 0 aromatic carbocycles. The van der Waals surface area contributed by atoms with Crippen LogP contribution in [0.2, 0.25) is 0 Å². The van der Waals surface area contributed by atoms with Gasteiger partial charge in [0.15, 0.2) is 0 Å². The molecule has 2 heterocycles. The number of hydrogen-bond acceptors (Lipinski definition) is 7. The lowest BCUT2D eigenvalue weighted by molar-refractivity contribution is 0.453. The Morgan fingerprint density at radius 1 is 1.32 bits per heavy atom. The summed E-state index contributed by atoms with van der Waals surface area (Å²) in [5.74, 6) is 6.91. The fourth-order valence-electron chi connectivity index (χ4n) is 1.58. The molecule has 2 rings (SSSR count). The molecule has 0 aliphatic carbocycles. The third-order valence-electron chi connectivity index (χ3n) is 2.54. The van der Waals surface area contributed by atoms with Crippen LogP contribution in [0.4, 0.5) is 5.82 Å². The molecule has 102 valence electrons. The molecule has 0 aliphatic rings. The number of nitrogens with zero attached hydrogens (tertiary/aromatic N) is 3. The van der Waals surface area contributed by atoms with E-state index in [1.807, 2.05) is 13.8 Å².